The van der Waals surface area contributed by atoms with Crippen LogP contribution in [0, 0.1) is 6.92 Å². The second-order valence-electron chi connectivity index (χ2n) is 7.13. The standard InChI is InChI=1S/C21H26N2O3S/c1-3-4-5-16-7-9-18(10-8-16)23-27(25,26)19-13-6-15(2)20(14-19)21(24)22-17-11-12-17/h6-10,13-14,17,23H,3-5,11-12H2,1-2H3,(H,22,24). The normalized spacial score (nSPS) is 14.0. The van der Waals surface area contributed by atoms with E-state index in [1.165, 1.54) is 17.7 Å². The Kier molecular flexibility index (Phi) is 5.85. The van der Waals surface area contributed by atoms with Crippen LogP contribution in [0.5, 0.6) is 0 Å². The van der Waals surface area contributed by atoms with Gasteiger partial charge >= 0.3 is 0 Å². The number of hydrogen-bond acceptors (Lipinski definition) is 3. The molecule has 0 atom stereocenters. The Bertz CT molecular complexity index is 917. The molecule has 0 bridgehead atoms. The maximum absolute atomic E-state index is 12.7. The topological polar surface area (TPSA) is 75.3 Å². The summed E-state index contributed by atoms with van der Waals surface area (Å²) < 4.78 is 28.1. The highest BCUT2D eigenvalue weighted by Gasteiger charge is 2.25. The van der Waals surface area contributed by atoms with E-state index >= 15 is 0 Å². The van der Waals surface area contributed by atoms with Gasteiger partial charge in [-0.05, 0) is 68.0 Å². The molecule has 1 saturated carbocycles. The van der Waals surface area contributed by atoms with E-state index in [0.29, 0.717) is 11.3 Å². The first-order chi connectivity index (χ1) is 12.9. The van der Waals surface area contributed by atoms with Gasteiger partial charge < -0.3 is 5.32 Å². The lowest BCUT2D eigenvalue weighted by atomic mass is 10.1. The fourth-order valence-electron chi connectivity index (χ4n) is 2.84. The summed E-state index contributed by atoms with van der Waals surface area (Å²) in [6.07, 6.45) is 5.19. The summed E-state index contributed by atoms with van der Waals surface area (Å²) in [5, 5.41) is 2.91. The Hall–Kier alpha value is -2.34. The van der Waals surface area contributed by atoms with Crippen molar-refractivity contribution in [1.82, 2.24) is 5.32 Å². The molecule has 2 aromatic carbocycles. The number of nitrogens with one attached hydrogen (secondary N) is 2. The van der Waals surface area contributed by atoms with Gasteiger partial charge in [0.2, 0.25) is 0 Å². The average molecular weight is 387 g/mol. The minimum atomic E-state index is -3.76. The van der Waals surface area contributed by atoms with Crippen LogP contribution < -0.4 is 10.0 Å². The molecule has 0 aromatic heterocycles. The van der Waals surface area contributed by atoms with Gasteiger partial charge in [0, 0.05) is 17.3 Å². The van der Waals surface area contributed by atoms with Crippen molar-refractivity contribution in [2.45, 2.75) is 56.9 Å². The van der Waals surface area contributed by atoms with Crippen molar-refractivity contribution in [3.63, 3.8) is 0 Å². The SMILES string of the molecule is CCCCc1ccc(NS(=O)(=O)c2ccc(C)c(C(=O)NC3CC3)c2)cc1. The van der Waals surface area contributed by atoms with Crippen molar-refractivity contribution in [2.24, 2.45) is 0 Å². The summed E-state index contributed by atoms with van der Waals surface area (Å²) in [5.41, 5.74) is 2.86. The molecule has 3 rings (SSSR count). The van der Waals surface area contributed by atoms with Crippen LogP contribution in [0.1, 0.15) is 54.1 Å². The number of aryl methyl sites for hydroxylation is 2. The van der Waals surface area contributed by atoms with Gasteiger partial charge in [0.05, 0.1) is 4.90 Å². The van der Waals surface area contributed by atoms with Crippen molar-refractivity contribution < 1.29 is 13.2 Å². The van der Waals surface area contributed by atoms with E-state index in [-0.39, 0.29) is 16.8 Å². The van der Waals surface area contributed by atoms with Gasteiger partial charge in [-0.2, -0.15) is 0 Å². The molecular weight excluding hydrogens is 360 g/mol. The molecule has 5 nitrogen and oxygen atoms in total. The molecule has 144 valence electrons. The number of rotatable bonds is 8. The van der Waals surface area contributed by atoms with Crippen LogP contribution in [0.15, 0.2) is 47.4 Å². The lowest BCUT2D eigenvalue weighted by Gasteiger charge is -2.12. The summed E-state index contributed by atoms with van der Waals surface area (Å²) in [5.74, 6) is -0.215. The lowest BCUT2D eigenvalue weighted by molar-refractivity contribution is 0.0950. The van der Waals surface area contributed by atoms with Crippen molar-refractivity contribution in [2.75, 3.05) is 4.72 Å². The van der Waals surface area contributed by atoms with E-state index < -0.39 is 10.0 Å². The molecule has 0 radical (unpaired) electrons. The van der Waals surface area contributed by atoms with Crippen LogP contribution in [-0.4, -0.2) is 20.4 Å². The first-order valence-electron chi connectivity index (χ1n) is 9.42. The van der Waals surface area contributed by atoms with E-state index in [9.17, 15) is 13.2 Å². The predicted molar refractivity (Wildman–Crippen MR) is 108 cm³/mol. The predicted octanol–water partition coefficient (Wildman–Crippen LogP) is 4.03. The third-order valence-electron chi connectivity index (χ3n) is 4.70. The number of anilines is 1. The molecule has 27 heavy (non-hydrogen) atoms. The molecule has 0 unspecified atom stereocenters. The number of unbranched alkanes of at least 4 members (excludes halogenated alkanes) is 1. The van der Waals surface area contributed by atoms with Crippen molar-refractivity contribution >= 4 is 21.6 Å². The molecule has 0 spiro atoms. The average Bonchev–Trinajstić information content (AvgIpc) is 3.45. The third-order valence-corrected chi connectivity index (χ3v) is 6.08. The Morgan fingerprint density at radius 3 is 2.44 bits per heavy atom. The number of carbonyl (C=O) groups is 1. The van der Waals surface area contributed by atoms with E-state index in [4.69, 9.17) is 0 Å². The van der Waals surface area contributed by atoms with Gasteiger partial charge in [-0.25, -0.2) is 8.42 Å². The van der Waals surface area contributed by atoms with Gasteiger partial charge in [0.1, 0.15) is 0 Å². The van der Waals surface area contributed by atoms with E-state index in [2.05, 4.69) is 17.0 Å². The van der Waals surface area contributed by atoms with Gasteiger partial charge in [-0.3, -0.25) is 9.52 Å². The largest absolute Gasteiger partial charge is 0.349 e. The molecule has 2 aromatic rings. The smallest absolute Gasteiger partial charge is 0.261 e. The van der Waals surface area contributed by atoms with Crippen molar-refractivity contribution in [1.29, 1.82) is 0 Å². The summed E-state index contributed by atoms with van der Waals surface area (Å²) in [4.78, 5) is 12.4. The molecular formula is C21H26N2O3S. The highest BCUT2D eigenvalue weighted by atomic mass is 32.2. The number of amides is 1. The minimum absolute atomic E-state index is 0.0871. The van der Waals surface area contributed by atoms with Crippen LogP contribution in [-0.2, 0) is 16.4 Å². The maximum atomic E-state index is 12.7. The molecule has 1 aliphatic carbocycles. The van der Waals surface area contributed by atoms with Crippen LogP contribution >= 0.6 is 0 Å². The number of hydrogen-bond donors (Lipinski definition) is 2. The zero-order chi connectivity index (χ0) is 19.4. The molecule has 6 heteroatoms. The first kappa shape index (κ1) is 19.4. The van der Waals surface area contributed by atoms with E-state index in [1.54, 1.807) is 25.1 Å². The molecule has 1 aliphatic rings. The zero-order valence-corrected chi connectivity index (χ0v) is 16.6. The van der Waals surface area contributed by atoms with Gasteiger partial charge in [-0.15, -0.1) is 0 Å². The summed E-state index contributed by atoms with van der Waals surface area (Å²) >= 11 is 0. The number of benzene rings is 2. The van der Waals surface area contributed by atoms with Gasteiger partial charge in [-0.1, -0.05) is 31.5 Å². The highest BCUT2D eigenvalue weighted by Crippen LogP contribution is 2.23. The Morgan fingerprint density at radius 2 is 1.81 bits per heavy atom. The molecule has 0 heterocycles. The molecule has 2 N–H and O–H groups in total. The minimum Gasteiger partial charge on any atom is -0.349 e. The highest BCUT2D eigenvalue weighted by molar-refractivity contribution is 7.92. The van der Waals surface area contributed by atoms with Gasteiger partial charge in [0.15, 0.2) is 0 Å². The zero-order valence-electron chi connectivity index (χ0n) is 15.8. The third kappa shape index (κ3) is 5.10. The Balaban J connectivity index is 1.76. The molecule has 1 fully saturated rings. The lowest BCUT2D eigenvalue weighted by Crippen LogP contribution is -2.26. The fourth-order valence-corrected chi connectivity index (χ4v) is 3.92. The summed E-state index contributed by atoms with van der Waals surface area (Å²) in [6.45, 7) is 3.95. The van der Waals surface area contributed by atoms with Crippen LogP contribution in [0.2, 0.25) is 0 Å². The number of carbonyl (C=O) groups excluding carboxylic acids is 1. The second kappa shape index (κ2) is 8.13. The van der Waals surface area contributed by atoms with Crippen LogP contribution in [0.4, 0.5) is 5.69 Å². The van der Waals surface area contributed by atoms with Gasteiger partial charge in [0.25, 0.3) is 15.9 Å². The Labute approximate surface area is 161 Å². The summed E-state index contributed by atoms with van der Waals surface area (Å²) in [6, 6.07) is 12.3. The van der Waals surface area contributed by atoms with Crippen LogP contribution in [0.25, 0.3) is 0 Å². The number of sulfonamides is 1. The second-order valence-corrected chi connectivity index (χ2v) is 8.81. The summed E-state index contributed by atoms with van der Waals surface area (Å²) in [7, 11) is -3.76. The van der Waals surface area contributed by atoms with Crippen molar-refractivity contribution in [3.8, 4) is 0 Å². The quantitative estimate of drug-likeness (QED) is 0.719. The Morgan fingerprint density at radius 1 is 1.11 bits per heavy atom. The van der Waals surface area contributed by atoms with E-state index in [0.717, 1.165) is 37.7 Å². The monoisotopic (exact) mass is 386 g/mol. The molecule has 0 aliphatic heterocycles. The van der Waals surface area contributed by atoms with Crippen LogP contribution in [0.3, 0.4) is 0 Å². The first-order valence-corrected chi connectivity index (χ1v) is 10.9. The molecule has 1 amide bonds. The maximum Gasteiger partial charge on any atom is 0.261 e. The van der Waals surface area contributed by atoms with E-state index in [1.807, 2.05) is 12.1 Å². The van der Waals surface area contributed by atoms with Crippen molar-refractivity contribution in [3.05, 3.63) is 59.2 Å². The molecule has 0 saturated heterocycles. The fraction of sp³-hybridized carbons (Fsp3) is 0.381.